The average molecular weight is 197 g/mol. The van der Waals surface area contributed by atoms with Crippen LogP contribution < -0.4 is 5.32 Å². The van der Waals surface area contributed by atoms with E-state index in [-0.39, 0.29) is 17.7 Å². The van der Waals surface area contributed by atoms with Crippen LogP contribution in [0.3, 0.4) is 0 Å². The summed E-state index contributed by atoms with van der Waals surface area (Å²) in [6, 6.07) is 0. The summed E-state index contributed by atoms with van der Waals surface area (Å²) in [4.78, 5) is 23.2. The van der Waals surface area contributed by atoms with Crippen LogP contribution in [0.5, 0.6) is 0 Å². The second-order valence-corrected chi connectivity index (χ2v) is 3.94. The zero-order chi connectivity index (χ0) is 10.2. The van der Waals surface area contributed by atoms with E-state index >= 15 is 0 Å². The molecule has 0 aromatic rings. The first-order valence-corrected chi connectivity index (χ1v) is 5.20. The summed E-state index contributed by atoms with van der Waals surface area (Å²) in [5.74, 6) is -0.624. The van der Waals surface area contributed by atoms with E-state index in [2.05, 4.69) is 5.32 Å². The third-order valence-electron chi connectivity index (χ3n) is 3.19. The number of hydrogen-bond acceptors (Lipinski definition) is 3. The van der Waals surface area contributed by atoms with Gasteiger partial charge in [-0.2, -0.15) is 0 Å². The van der Waals surface area contributed by atoms with E-state index in [1.807, 2.05) is 6.92 Å². The van der Waals surface area contributed by atoms with Gasteiger partial charge in [0.2, 0.25) is 5.91 Å². The monoisotopic (exact) mass is 197 g/mol. The molecule has 0 bridgehead atoms. The van der Waals surface area contributed by atoms with E-state index in [0.29, 0.717) is 13.0 Å². The molecule has 0 radical (unpaired) electrons. The Bertz CT molecular complexity index is 273. The van der Waals surface area contributed by atoms with Crippen molar-refractivity contribution in [1.29, 1.82) is 0 Å². The largest absolute Gasteiger partial charge is 0.365 e. The van der Waals surface area contributed by atoms with Crippen LogP contribution in [-0.4, -0.2) is 24.0 Å². The van der Waals surface area contributed by atoms with Crippen LogP contribution in [0, 0.1) is 5.92 Å². The van der Waals surface area contributed by atoms with Crippen molar-refractivity contribution < 1.29 is 14.3 Å². The van der Waals surface area contributed by atoms with Gasteiger partial charge in [-0.3, -0.25) is 14.9 Å². The molecule has 1 aliphatic heterocycles. The Morgan fingerprint density at radius 2 is 2.29 bits per heavy atom. The smallest absolute Gasteiger partial charge is 0.259 e. The van der Waals surface area contributed by atoms with Gasteiger partial charge in [-0.1, -0.05) is 6.42 Å². The van der Waals surface area contributed by atoms with Crippen molar-refractivity contribution in [3.63, 3.8) is 0 Å². The first-order chi connectivity index (χ1) is 6.70. The molecular formula is C10H15NO3. The molecule has 78 valence electrons. The molecule has 2 rings (SSSR count). The minimum atomic E-state index is -0.829. The van der Waals surface area contributed by atoms with Crippen LogP contribution in [0.25, 0.3) is 0 Å². The summed E-state index contributed by atoms with van der Waals surface area (Å²) in [7, 11) is 0. The van der Waals surface area contributed by atoms with Crippen LogP contribution in [0.4, 0.5) is 0 Å². The minimum absolute atomic E-state index is 0.150. The van der Waals surface area contributed by atoms with Crippen molar-refractivity contribution in [2.75, 3.05) is 6.61 Å². The molecule has 1 aliphatic carbocycles. The van der Waals surface area contributed by atoms with Crippen molar-refractivity contribution in [2.45, 2.75) is 38.2 Å². The lowest BCUT2D eigenvalue weighted by Crippen LogP contribution is -2.47. The van der Waals surface area contributed by atoms with Gasteiger partial charge >= 0.3 is 0 Å². The molecule has 4 nitrogen and oxygen atoms in total. The van der Waals surface area contributed by atoms with E-state index < -0.39 is 5.60 Å². The maximum Gasteiger partial charge on any atom is 0.259 e. The van der Waals surface area contributed by atoms with E-state index in [0.717, 1.165) is 19.3 Å². The predicted octanol–water partition coefficient (Wildman–Crippen LogP) is 0.608. The summed E-state index contributed by atoms with van der Waals surface area (Å²) in [6.07, 6.45) is 3.44. The second-order valence-electron chi connectivity index (χ2n) is 3.94. The fourth-order valence-electron chi connectivity index (χ4n) is 2.56. The lowest BCUT2D eigenvalue weighted by atomic mass is 9.77. The van der Waals surface area contributed by atoms with Crippen molar-refractivity contribution in [2.24, 2.45) is 5.92 Å². The summed E-state index contributed by atoms with van der Waals surface area (Å²) < 4.78 is 5.54. The van der Waals surface area contributed by atoms with Gasteiger partial charge in [0.05, 0.1) is 5.92 Å². The zero-order valence-electron chi connectivity index (χ0n) is 8.34. The third-order valence-corrected chi connectivity index (χ3v) is 3.19. The molecule has 1 saturated heterocycles. The number of imide groups is 1. The summed E-state index contributed by atoms with van der Waals surface area (Å²) in [6.45, 7) is 2.34. The van der Waals surface area contributed by atoms with Crippen molar-refractivity contribution >= 4 is 11.8 Å². The summed E-state index contributed by atoms with van der Waals surface area (Å²) in [5.41, 5.74) is -0.829. The molecule has 2 fully saturated rings. The molecule has 2 amide bonds. The van der Waals surface area contributed by atoms with Crippen molar-refractivity contribution in [1.82, 2.24) is 5.32 Å². The van der Waals surface area contributed by atoms with E-state index in [1.165, 1.54) is 0 Å². The minimum Gasteiger partial charge on any atom is -0.365 e. The SMILES string of the molecule is CCOC12CCCCC1C(=O)NC2=O. The van der Waals surface area contributed by atoms with Gasteiger partial charge in [0.15, 0.2) is 5.60 Å². The van der Waals surface area contributed by atoms with Gasteiger partial charge in [0.25, 0.3) is 5.91 Å². The lowest BCUT2D eigenvalue weighted by Gasteiger charge is -2.34. The number of hydrogen-bond donors (Lipinski definition) is 1. The van der Waals surface area contributed by atoms with Gasteiger partial charge < -0.3 is 4.74 Å². The number of amides is 2. The van der Waals surface area contributed by atoms with Gasteiger partial charge in [0.1, 0.15) is 0 Å². The number of carbonyl (C=O) groups is 2. The summed E-state index contributed by atoms with van der Waals surface area (Å²) >= 11 is 0. The molecule has 1 saturated carbocycles. The van der Waals surface area contributed by atoms with Gasteiger partial charge in [-0.15, -0.1) is 0 Å². The molecule has 1 heterocycles. The third kappa shape index (κ3) is 1.17. The number of rotatable bonds is 2. The molecule has 0 spiro atoms. The van der Waals surface area contributed by atoms with E-state index in [4.69, 9.17) is 4.74 Å². The molecule has 0 aromatic heterocycles. The van der Waals surface area contributed by atoms with Crippen LogP contribution >= 0.6 is 0 Å². The zero-order valence-corrected chi connectivity index (χ0v) is 8.34. The Kier molecular flexibility index (Phi) is 2.31. The van der Waals surface area contributed by atoms with Crippen molar-refractivity contribution in [3.05, 3.63) is 0 Å². The van der Waals surface area contributed by atoms with Crippen LogP contribution in [0.2, 0.25) is 0 Å². The van der Waals surface area contributed by atoms with Crippen LogP contribution in [0.1, 0.15) is 32.6 Å². The molecule has 1 N–H and O–H groups in total. The van der Waals surface area contributed by atoms with Crippen molar-refractivity contribution in [3.8, 4) is 0 Å². The maximum absolute atomic E-state index is 11.7. The van der Waals surface area contributed by atoms with E-state index in [1.54, 1.807) is 0 Å². The molecule has 0 aromatic carbocycles. The van der Waals surface area contributed by atoms with Crippen LogP contribution in [-0.2, 0) is 14.3 Å². The molecule has 2 aliphatic rings. The average Bonchev–Trinajstić information content (AvgIpc) is 2.41. The fraction of sp³-hybridized carbons (Fsp3) is 0.800. The quantitative estimate of drug-likeness (QED) is 0.660. The highest BCUT2D eigenvalue weighted by Crippen LogP contribution is 2.40. The fourth-order valence-corrected chi connectivity index (χ4v) is 2.56. The number of nitrogens with one attached hydrogen (secondary N) is 1. The topological polar surface area (TPSA) is 55.4 Å². The highest BCUT2D eigenvalue weighted by Gasteiger charge is 2.56. The number of fused-ring (bicyclic) bond motifs is 1. The Morgan fingerprint density at radius 1 is 1.50 bits per heavy atom. The van der Waals surface area contributed by atoms with Gasteiger partial charge in [0, 0.05) is 6.61 Å². The second kappa shape index (κ2) is 3.35. The number of ether oxygens (including phenoxy) is 1. The highest BCUT2D eigenvalue weighted by molar-refractivity contribution is 6.09. The Balaban J connectivity index is 2.30. The highest BCUT2D eigenvalue weighted by atomic mass is 16.5. The molecule has 14 heavy (non-hydrogen) atoms. The molecule has 2 unspecified atom stereocenters. The maximum atomic E-state index is 11.7. The van der Waals surface area contributed by atoms with Crippen LogP contribution in [0.15, 0.2) is 0 Å². The molecule has 4 heteroatoms. The first-order valence-electron chi connectivity index (χ1n) is 5.20. The standard InChI is InChI=1S/C10H15NO3/c1-2-14-10-6-4-3-5-7(10)8(12)11-9(10)13/h7H,2-6H2,1H3,(H,11,12,13). The first kappa shape index (κ1) is 9.65. The molecular weight excluding hydrogens is 182 g/mol. The predicted molar refractivity (Wildman–Crippen MR) is 49.5 cm³/mol. The van der Waals surface area contributed by atoms with E-state index in [9.17, 15) is 9.59 Å². The summed E-state index contributed by atoms with van der Waals surface area (Å²) in [5, 5.41) is 2.38. The van der Waals surface area contributed by atoms with Gasteiger partial charge in [-0.25, -0.2) is 0 Å². The number of carbonyl (C=O) groups excluding carboxylic acids is 2. The Hall–Kier alpha value is -0.900. The normalized spacial score (nSPS) is 36.8. The Morgan fingerprint density at radius 3 is 3.00 bits per heavy atom. The van der Waals surface area contributed by atoms with Gasteiger partial charge in [-0.05, 0) is 26.2 Å². The Labute approximate surface area is 83.0 Å². The lowest BCUT2D eigenvalue weighted by molar-refractivity contribution is -0.152. The molecule has 2 atom stereocenters.